The van der Waals surface area contributed by atoms with Crippen LogP contribution in [0.3, 0.4) is 0 Å². The minimum atomic E-state index is -0.820. The Morgan fingerprint density at radius 3 is 2.79 bits per heavy atom. The van der Waals surface area contributed by atoms with Crippen LogP contribution >= 0.6 is 11.3 Å². The number of aliphatic hydroxyl groups excluding tert-OH is 1. The molecule has 0 radical (unpaired) electrons. The van der Waals surface area contributed by atoms with Gasteiger partial charge in [-0.05, 0) is 36.4 Å². The highest BCUT2D eigenvalue weighted by Gasteiger charge is 2.33. The van der Waals surface area contributed by atoms with E-state index in [1.807, 2.05) is 53.0 Å². The molecule has 0 saturated carbocycles. The highest BCUT2D eigenvalue weighted by atomic mass is 32.1. The Bertz CT molecular complexity index is 1260. The molecule has 0 fully saturated rings. The van der Waals surface area contributed by atoms with E-state index >= 15 is 0 Å². The molecule has 0 saturated heterocycles. The first-order chi connectivity index (χ1) is 14.0. The number of hydrogen-bond acceptors (Lipinski definition) is 8. The molecule has 1 unspecified atom stereocenters. The SMILES string of the molecule is Cc1ccccc1N1C(Cn2cnc3c(N)ncnc32)=Nc2scc(C)c2C1O. The monoisotopic (exact) mass is 405 g/mol. The molecule has 0 bridgehead atoms. The zero-order valence-corrected chi connectivity index (χ0v) is 16.8. The van der Waals surface area contributed by atoms with Crippen LogP contribution < -0.4 is 10.6 Å². The summed E-state index contributed by atoms with van der Waals surface area (Å²) in [6.07, 6.45) is 2.28. The van der Waals surface area contributed by atoms with Gasteiger partial charge in [-0.1, -0.05) is 18.2 Å². The van der Waals surface area contributed by atoms with E-state index in [9.17, 15) is 5.11 Å². The number of fused-ring (bicyclic) bond motifs is 2. The fourth-order valence-corrected chi connectivity index (χ4v) is 4.63. The lowest BCUT2D eigenvalue weighted by atomic mass is 10.1. The van der Waals surface area contributed by atoms with Gasteiger partial charge in [-0.2, -0.15) is 0 Å². The summed E-state index contributed by atoms with van der Waals surface area (Å²) in [5, 5.41) is 14.2. The number of rotatable bonds is 3. The summed E-state index contributed by atoms with van der Waals surface area (Å²) in [5.41, 5.74) is 11.0. The second-order valence-corrected chi connectivity index (χ2v) is 7.86. The van der Waals surface area contributed by atoms with Gasteiger partial charge in [0.25, 0.3) is 0 Å². The number of imidazole rings is 1. The molecule has 29 heavy (non-hydrogen) atoms. The van der Waals surface area contributed by atoms with E-state index in [0.717, 1.165) is 27.4 Å². The number of anilines is 2. The first-order valence-electron chi connectivity index (χ1n) is 9.14. The molecule has 4 aromatic rings. The van der Waals surface area contributed by atoms with Crippen LogP contribution in [0.2, 0.25) is 0 Å². The van der Waals surface area contributed by atoms with Crippen LogP contribution in [-0.4, -0.2) is 30.5 Å². The number of aromatic nitrogens is 4. The molecule has 1 aromatic carbocycles. The normalized spacial score (nSPS) is 16.2. The van der Waals surface area contributed by atoms with Crippen molar-refractivity contribution in [1.29, 1.82) is 0 Å². The number of nitrogen functional groups attached to an aromatic ring is 1. The summed E-state index contributed by atoms with van der Waals surface area (Å²) in [4.78, 5) is 19.5. The number of thiophene rings is 1. The highest BCUT2D eigenvalue weighted by molar-refractivity contribution is 7.14. The molecule has 0 spiro atoms. The van der Waals surface area contributed by atoms with Crippen molar-refractivity contribution in [2.45, 2.75) is 26.6 Å². The van der Waals surface area contributed by atoms with Gasteiger partial charge in [0.1, 0.15) is 22.7 Å². The zero-order valence-electron chi connectivity index (χ0n) is 15.9. The van der Waals surface area contributed by atoms with Crippen LogP contribution in [0.15, 0.2) is 47.3 Å². The maximum atomic E-state index is 11.3. The van der Waals surface area contributed by atoms with Gasteiger partial charge in [0.15, 0.2) is 17.7 Å². The van der Waals surface area contributed by atoms with Crippen molar-refractivity contribution in [2.24, 2.45) is 4.99 Å². The summed E-state index contributed by atoms with van der Waals surface area (Å²) in [6.45, 7) is 4.41. The van der Waals surface area contributed by atoms with Crippen molar-refractivity contribution in [3.8, 4) is 0 Å². The van der Waals surface area contributed by atoms with Crippen LogP contribution in [-0.2, 0) is 6.54 Å². The number of aryl methyl sites for hydroxylation is 2. The summed E-state index contributed by atoms with van der Waals surface area (Å²) >= 11 is 1.53. The predicted octanol–water partition coefficient (Wildman–Crippen LogP) is 3.33. The lowest BCUT2D eigenvalue weighted by Gasteiger charge is -2.35. The molecule has 1 aliphatic heterocycles. The van der Waals surface area contributed by atoms with E-state index in [0.29, 0.717) is 29.4 Å². The topological polar surface area (TPSA) is 105 Å². The maximum Gasteiger partial charge on any atom is 0.165 e. The van der Waals surface area contributed by atoms with Crippen LogP contribution in [0.4, 0.5) is 16.5 Å². The third kappa shape index (κ3) is 2.78. The molecule has 1 aliphatic rings. The van der Waals surface area contributed by atoms with Crippen molar-refractivity contribution in [1.82, 2.24) is 19.5 Å². The molecule has 9 heteroatoms. The molecule has 0 aliphatic carbocycles. The van der Waals surface area contributed by atoms with Crippen LogP contribution in [0.25, 0.3) is 11.2 Å². The molecule has 8 nitrogen and oxygen atoms in total. The molecule has 0 amide bonds. The van der Waals surface area contributed by atoms with Gasteiger partial charge >= 0.3 is 0 Å². The molecule has 3 N–H and O–H groups in total. The Morgan fingerprint density at radius 2 is 1.97 bits per heavy atom. The van der Waals surface area contributed by atoms with Gasteiger partial charge in [-0.3, -0.25) is 4.90 Å². The highest BCUT2D eigenvalue weighted by Crippen LogP contribution is 2.43. The Balaban J connectivity index is 1.66. The number of para-hydroxylation sites is 1. The van der Waals surface area contributed by atoms with Crippen molar-refractivity contribution < 1.29 is 5.11 Å². The average Bonchev–Trinajstić information content (AvgIpc) is 3.28. The van der Waals surface area contributed by atoms with Crippen molar-refractivity contribution in [3.05, 3.63) is 59.0 Å². The van der Waals surface area contributed by atoms with Crippen LogP contribution in [0.1, 0.15) is 22.9 Å². The molecule has 146 valence electrons. The Labute approximate surface area is 171 Å². The van der Waals surface area contributed by atoms with E-state index in [-0.39, 0.29) is 0 Å². The Kier molecular flexibility index (Phi) is 4.07. The maximum absolute atomic E-state index is 11.3. The summed E-state index contributed by atoms with van der Waals surface area (Å²) in [5.74, 6) is 1.05. The molecule has 3 aromatic heterocycles. The number of nitrogens with zero attached hydrogens (tertiary/aromatic N) is 6. The molecule has 1 atom stereocenters. The fraction of sp³-hybridized carbons (Fsp3) is 0.200. The largest absolute Gasteiger partial charge is 0.382 e. The standard InChI is InChI=1S/C20H19N7OS/c1-11-5-3-4-6-13(11)27-14(25-19-15(20(27)28)12(2)8-29-19)7-26-10-24-16-17(21)22-9-23-18(16)26/h3-6,8-10,20,28H,7H2,1-2H3,(H2,21,22,23). The second kappa shape index (κ2) is 6.64. The van der Waals surface area contributed by atoms with Gasteiger partial charge in [-0.15, -0.1) is 11.3 Å². The number of aliphatic hydroxyl groups is 1. The lowest BCUT2D eigenvalue weighted by Crippen LogP contribution is -2.39. The van der Waals surface area contributed by atoms with Crippen molar-refractivity contribution in [2.75, 3.05) is 10.6 Å². The fourth-order valence-electron chi connectivity index (χ4n) is 3.66. The second-order valence-electron chi connectivity index (χ2n) is 7.00. The first-order valence-corrected chi connectivity index (χ1v) is 10.0. The van der Waals surface area contributed by atoms with Crippen molar-refractivity contribution >= 4 is 44.8 Å². The van der Waals surface area contributed by atoms with Crippen molar-refractivity contribution in [3.63, 3.8) is 0 Å². The van der Waals surface area contributed by atoms with Gasteiger partial charge in [-0.25, -0.2) is 19.9 Å². The third-order valence-corrected chi connectivity index (χ3v) is 6.14. The minimum absolute atomic E-state index is 0.339. The molecule has 4 heterocycles. The number of amidine groups is 1. The van der Waals surface area contributed by atoms with Gasteiger partial charge in [0, 0.05) is 11.3 Å². The van der Waals surface area contributed by atoms with E-state index in [4.69, 9.17) is 10.7 Å². The average molecular weight is 405 g/mol. The molecular weight excluding hydrogens is 386 g/mol. The number of aliphatic imine (C=N–C) groups is 1. The Morgan fingerprint density at radius 1 is 1.14 bits per heavy atom. The Hall–Kier alpha value is -3.30. The summed E-state index contributed by atoms with van der Waals surface area (Å²) < 4.78 is 1.87. The first kappa shape index (κ1) is 17.8. The van der Waals surface area contributed by atoms with Crippen LogP contribution in [0.5, 0.6) is 0 Å². The van der Waals surface area contributed by atoms with E-state index in [1.165, 1.54) is 17.7 Å². The molecular formula is C20H19N7OS. The zero-order chi connectivity index (χ0) is 20.1. The summed E-state index contributed by atoms with van der Waals surface area (Å²) in [7, 11) is 0. The molecule has 5 rings (SSSR count). The number of hydrogen-bond donors (Lipinski definition) is 2. The van der Waals surface area contributed by atoms with Crippen LogP contribution in [0, 0.1) is 13.8 Å². The number of benzene rings is 1. The predicted molar refractivity (Wildman–Crippen MR) is 115 cm³/mol. The lowest BCUT2D eigenvalue weighted by molar-refractivity contribution is 0.185. The van der Waals surface area contributed by atoms with E-state index < -0.39 is 6.23 Å². The van der Waals surface area contributed by atoms with Gasteiger partial charge in [0.05, 0.1) is 12.9 Å². The smallest absolute Gasteiger partial charge is 0.165 e. The number of nitrogens with two attached hydrogens (primary N) is 1. The minimum Gasteiger partial charge on any atom is -0.382 e. The van der Waals surface area contributed by atoms with E-state index in [1.54, 1.807) is 6.33 Å². The van der Waals surface area contributed by atoms with Gasteiger partial charge < -0.3 is 15.4 Å². The van der Waals surface area contributed by atoms with Gasteiger partial charge in [0.2, 0.25) is 0 Å². The quantitative estimate of drug-likeness (QED) is 0.542. The van der Waals surface area contributed by atoms with E-state index in [2.05, 4.69) is 15.0 Å². The summed E-state index contributed by atoms with van der Waals surface area (Å²) in [6, 6.07) is 7.96. The third-order valence-electron chi connectivity index (χ3n) is 5.13.